The highest BCUT2D eigenvalue weighted by atomic mass is 35.5. The molecule has 4 rings (SSSR count). The van der Waals surface area contributed by atoms with Gasteiger partial charge in [-0.3, -0.25) is 4.79 Å². The summed E-state index contributed by atoms with van der Waals surface area (Å²) in [4.78, 5) is 12.7. The number of methoxy groups -OCH3 is 1. The molecule has 0 radical (unpaired) electrons. The summed E-state index contributed by atoms with van der Waals surface area (Å²) in [5.41, 5.74) is 2.72. The summed E-state index contributed by atoms with van der Waals surface area (Å²) in [6, 6.07) is 11.5. The zero-order valence-electron chi connectivity index (χ0n) is 17.2. The van der Waals surface area contributed by atoms with E-state index in [1.54, 1.807) is 7.11 Å². The maximum absolute atomic E-state index is 12.7. The highest BCUT2D eigenvalue weighted by Crippen LogP contribution is 2.30. The Bertz CT molecular complexity index is 868. The molecule has 7 heteroatoms. The lowest BCUT2D eigenvalue weighted by Gasteiger charge is -2.14. The molecule has 0 saturated carbocycles. The average Bonchev–Trinajstić information content (AvgIpc) is 3.14. The number of hydrogen-bond donors (Lipinski definition) is 2. The molecule has 1 saturated heterocycles. The van der Waals surface area contributed by atoms with Crippen LogP contribution in [0.25, 0.3) is 0 Å². The number of hydrogen-bond acceptors (Lipinski definition) is 5. The van der Waals surface area contributed by atoms with Crippen molar-refractivity contribution in [2.24, 2.45) is 5.92 Å². The Morgan fingerprint density at radius 1 is 1.17 bits per heavy atom. The van der Waals surface area contributed by atoms with Crippen molar-refractivity contribution in [2.75, 3.05) is 33.4 Å². The van der Waals surface area contributed by atoms with Crippen molar-refractivity contribution in [2.45, 2.75) is 25.8 Å². The van der Waals surface area contributed by atoms with Crippen LogP contribution in [0, 0.1) is 5.92 Å². The van der Waals surface area contributed by atoms with E-state index in [-0.39, 0.29) is 18.3 Å². The minimum absolute atomic E-state index is 0. The predicted octanol–water partition coefficient (Wildman–Crippen LogP) is 3.36. The fourth-order valence-electron chi connectivity index (χ4n) is 3.88. The molecule has 1 amide bonds. The smallest absolute Gasteiger partial charge is 0.251 e. The maximum Gasteiger partial charge on any atom is 0.251 e. The Labute approximate surface area is 183 Å². The third-order valence-electron chi connectivity index (χ3n) is 5.48. The Balaban J connectivity index is 0.00000256. The van der Waals surface area contributed by atoms with Crippen LogP contribution in [-0.4, -0.2) is 39.3 Å². The van der Waals surface area contributed by atoms with E-state index in [9.17, 15) is 4.79 Å². The van der Waals surface area contributed by atoms with Crippen molar-refractivity contribution in [1.29, 1.82) is 0 Å². The molecule has 0 spiro atoms. The number of nitrogens with one attached hydrogen (secondary N) is 2. The van der Waals surface area contributed by atoms with Gasteiger partial charge >= 0.3 is 0 Å². The van der Waals surface area contributed by atoms with Crippen molar-refractivity contribution in [3.8, 4) is 17.2 Å². The van der Waals surface area contributed by atoms with Gasteiger partial charge in [0.05, 0.1) is 20.3 Å². The van der Waals surface area contributed by atoms with Gasteiger partial charge < -0.3 is 24.8 Å². The molecule has 1 atom stereocenters. The number of rotatable bonds is 6. The number of halogens is 1. The molecular formula is C23H29ClN2O4. The van der Waals surface area contributed by atoms with Gasteiger partial charge in [-0.05, 0) is 73.3 Å². The summed E-state index contributed by atoms with van der Waals surface area (Å²) < 4.78 is 16.9. The number of fused-ring (bicyclic) bond motifs is 1. The SMILES string of the molecule is COc1ccc(C(=O)NCc2ccc3c(c2)OCCCO3)cc1CC1CCNC1.Cl. The zero-order chi connectivity index (χ0) is 20.1. The maximum atomic E-state index is 12.7. The Hall–Kier alpha value is -2.44. The third-order valence-corrected chi connectivity index (χ3v) is 5.48. The molecule has 0 aromatic heterocycles. The van der Waals surface area contributed by atoms with Gasteiger partial charge in [0.2, 0.25) is 0 Å². The third kappa shape index (κ3) is 5.37. The van der Waals surface area contributed by atoms with E-state index in [4.69, 9.17) is 14.2 Å². The van der Waals surface area contributed by atoms with Gasteiger partial charge in [-0.2, -0.15) is 0 Å². The van der Waals surface area contributed by atoms with Crippen LogP contribution in [0.15, 0.2) is 36.4 Å². The molecule has 2 heterocycles. The Kier molecular flexibility index (Phi) is 7.82. The standard InChI is InChI=1S/C23H28N2O4.ClH/c1-27-20-6-4-18(13-19(20)11-17-7-8-24-14-17)23(26)25-15-16-3-5-21-22(12-16)29-10-2-9-28-21;/h3-6,12-13,17,24H,2,7-11,14-15H2,1H3,(H,25,26);1H. The first-order valence-electron chi connectivity index (χ1n) is 10.3. The minimum atomic E-state index is -0.0921. The lowest BCUT2D eigenvalue weighted by Crippen LogP contribution is -2.23. The van der Waals surface area contributed by atoms with Crippen LogP contribution < -0.4 is 24.8 Å². The first-order valence-corrected chi connectivity index (χ1v) is 10.3. The summed E-state index contributed by atoms with van der Waals surface area (Å²) in [5, 5.41) is 6.40. The van der Waals surface area contributed by atoms with Gasteiger partial charge in [-0.15, -0.1) is 12.4 Å². The van der Waals surface area contributed by atoms with Gasteiger partial charge in [0, 0.05) is 18.5 Å². The molecular weight excluding hydrogens is 404 g/mol. The Morgan fingerprint density at radius 3 is 2.77 bits per heavy atom. The molecule has 2 aliphatic rings. The van der Waals surface area contributed by atoms with Crippen molar-refractivity contribution in [3.63, 3.8) is 0 Å². The first-order chi connectivity index (χ1) is 14.2. The summed E-state index contributed by atoms with van der Waals surface area (Å²) >= 11 is 0. The van der Waals surface area contributed by atoms with Crippen LogP contribution in [0.2, 0.25) is 0 Å². The quantitative estimate of drug-likeness (QED) is 0.732. The predicted molar refractivity (Wildman–Crippen MR) is 118 cm³/mol. The van der Waals surface area contributed by atoms with Gasteiger partial charge in [-0.25, -0.2) is 0 Å². The van der Waals surface area contributed by atoms with E-state index in [1.807, 2.05) is 36.4 Å². The molecule has 2 aromatic rings. The van der Waals surface area contributed by atoms with Gasteiger partial charge in [0.1, 0.15) is 5.75 Å². The van der Waals surface area contributed by atoms with Crippen molar-refractivity contribution in [1.82, 2.24) is 10.6 Å². The monoisotopic (exact) mass is 432 g/mol. The molecule has 162 valence electrons. The zero-order valence-corrected chi connectivity index (χ0v) is 18.1. The normalized spacial score (nSPS) is 17.6. The summed E-state index contributed by atoms with van der Waals surface area (Å²) in [6.07, 6.45) is 2.95. The fourth-order valence-corrected chi connectivity index (χ4v) is 3.88. The number of ether oxygens (including phenoxy) is 3. The van der Waals surface area contributed by atoms with E-state index in [2.05, 4.69) is 10.6 Å². The lowest BCUT2D eigenvalue weighted by atomic mass is 9.96. The molecule has 6 nitrogen and oxygen atoms in total. The van der Waals surface area contributed by atoms with Crippen molar-refractivity contribution >= 4 is 18.3 Å². The molecule has 2 aromatic carbocycles. The van der Waals surface area contributed by atoms with Crippen molar-refractivity contribution < 1.29 is 19.0 Å². The van der Waals surface area contributed by atoms with Crippen LogP contribution in [0.1, 0.15) is 34.3 Å². The largest absolute Gasteiger partial charge is 0.496 e. The van der Waals surface area contributed by atoms with Gasteiger partial charge in [0.25, 0.3) is 5.91 Å². The van der Waals surface area contributed by atoms with E-state index >= 15 is 0 Å². The van der Waals surface area contributed by atoms with Gasteiger partial charge in [-0.1, -0.05) is 6.07 Å². The van der Waals surface area contributed by atoms with Crippen LogP contribution in [0.5, 0.6) is 17.2 Å². The molecule has 1 unspecified atom stereocenters. The Morgan fingerprint density at radius 2 is 2.00 bits per heavy atom. The van der Waals surface area contributed by atoms with E-state index in [0.29, 0.717) is 31.2 Å². The van der Waals surface area contributed by atoms with Crippen LogP contribution in [0.4, 0.5) is 0 Å². The number of carbonyl (C=O) groups is 1. The van der Waals surface area contributed by atoms with E-state index in [0.717, 1.165) is 60.7 Å². The van der Waals surface area contributed by atoms with E-state index in [1.165, 1.54) is 0 Å². The molecule has 2 N–H and O–H groups in total. The second-order valence-corrected chi connectivity index (χ2v) is 7.60. The van der Waals surface area contributed by atoms with Crippen LogP contribution in [0.3, 0.4) is 0 Å². The van der Waals surface area contributed by atoms with Crippen molar-refractivity contribution in [3.05, 3.63) is 53.1 Å². The molecule has 1 fully saturated rings. The topological polar surface area (TPSA) is 68.8 Å². The fraction of sp³-hybridized carbons (Fsp3) is 0.435. The summed E-state index contributed by atoms with van der Waals surface area (Å²) in [6.45, 7) is 3.82. The lowest BCUT2D eigenvalue weighted by molar-refractivity contribution is 0.0950. The molecule has 30 heavy (non-hydrogen) atoms. The van der Waals surface area contributed by atoms with Crippen LogP contribution in [-0.2, 0) is 13.0 Å². The highest BCUT2D eigenvalue weighted by molar-refractivity contribution is 5.94. The van der Waals surface area contributed by atoms with E-state index < -0.39 is 0 Å². The molecule has 0 bridgehead atoms. The number of benzene rings is 2. The number of amides is 1. The second-order valence-electron chi connectivity index (χ2n) is 7.60. The van der Waals surface area contributed by atoms with Crippen LogP contribution >= 0.6 is 12.4 Å². The number of carbonyl (C=O) groups excluding carboxylic acids is 1. The average molecular weight is 433 g/mol. The molecule has 2 aliphatic heterocycles. The first kappa shape index (κ1) is 22.2. The highest BCUT2D eigenvalue weighted by Gasteiger charge is 2.18. The molecule has 0 aliphatic carbocycles. The van der Waals surface area contributed by atoms with Gasteiger partial charge in [0.15, 0.2) is 11.5 Å². The second kappa shape index (κ2) is 10.5. The minimum Gasteiger partial charge on any atom is -0.496 e. The summed E-state index contributed by atoms with van der Waals surface area (Å²) in [7, 11) is 1.68. The summed E-state index contributed by atoms with van der Waals surface area (Å²) in [5.74, 6) is 2.84.